The summed E-state index contributed by atoms with van der Waals surface area (Å²) in [7, 11) is 0. The van der Waals surface area contributed by atoms with Crippen molar-refractivity contribution < 1.29 is 19.1 Å². The largest absolute Gasteiger partial charge is 0.478 e. The number of furan rings is 1. The first-order chi connectivity index (χ1) is 11.7. The number of hydrogen-bond donors (Lipinski definition) is 1. The molecule has 5 heteroatoms. The smallest absolute Gasteiger partial charge is 0.336 e. The Labute approximate surface area is 143 Å². The van der Waals surface area contributed by atoms with E-state index in [-0.39, 0.29) is 0 Å². The number of benzene rings is 2. The highest BCUT2D eigenvalue weighted by atomic mass is 32.2. The van der Waals surface area contributed by atoms with E-state index in [0.717, 1.165) is 16.0 Å². The molecule has 0 aliphatic heterocycles. The van der Waals surface area contributed by atoms with Crippen molar-refractivity contribution in [3.05, 3.63) is 77.6 Å². The number of carboxylic acid groups (broad SMARTS) is 1. The molecule has 24 heavy (non-hydrogen) atoms. The van der Waals surface area contributed by atoms with Crippen LogP contribution in [0.25, 0.3) is 11.3 Å². The van der Waals surface area contributed by atoms with Crippen molar-refractivity contribution in [1.29, 1.82) is 0 Å². The molecule has 0 saturated heterocycles. The van der Waals surface area contributed by atoms with Gasteiger partial charge in [0.25, 0.3) is 0 Å². The highest BCUT2D eigenvalue weighted by Crippen LogP contribution is 2.28. The van der Waals surface area contributed by atoms with Crippen molar-refractivity contribution in [2.45, 2.75) is 10.6 Å². The van der Waals surface area contributed by atoms with E-state index in [1.807, 2.05) is 36.4 Å². The van der Waals surface area contributed by atoms with E-state index < -0.39 is 5.97 Å². The van der Waals surface area contributed by atoms with Crippen molar-refractivity contribution in [2.24, 2.45) is 0 Å². The predicted molar refractivity (Wildman–Crippen MR) is 92.5 cm³/mol. The van der Waals surface area contributed by atoms with Gasteiger partial charge < -0.3 is 9.52 Å². The maximum atomic E-state index is 11.2. The first kappa shape index (κ1) is 16.1. The number of carbonyl (C=O) groups is 2. The van der Waals surface area contributed by atoms with E-state index >= 15 is 0 Å². The summed E-state index contributed by atoms with van der Waals surface area (Å²) in [5.74, 6) is 0.696. The summed E-state index contributed by atoms with van der Waals surface area (Å²) in [6.07, 6.45) is 0.675. The molecule has 1 aromatic heterocycles. The Hall–Kier alpha value is -2.79. The van der Waals surface area contributed by atoms with Gasteiger partial charge in [-0.2, -0.15) is 0 Å². The summed E-state index contributed by atoms with van der Waals surface area (Å²) < 4.78 is 5.39. The molecule has 2 aromatic carbocycles. The van der Waals surface area contributed by atoms with Crippen molar-refractivity contribution >= 4 is 24.0 Å². The lowest BCUT2D eigenvalue weighted by molar-refractivity contribution is 0.0693. The van der Waals surface area contributed by atoms with E-state index in [1.54, 1.807) is 24.3 Å². The minimum atomic E-state index is -0.919. The van der Waals surface area contributed by atoms with Gasteiger partial charge in [-0.1, -0.05) is 36.4 Å². The predicted octanol–water partition coefficient (Wildman–Crippen LogP) is 4.75. The van der Waals surface area contributed by atoms with E-state index in [1.165, 1.54) is 11.8 Å². The average Bonchev–Trinajstić information content (AvgIpc) is 3.10. The third-order valence-electron chi connectivity index (χ3n) is 3.49. The highest BCUT2D eigenvalue weighted by molar-refractivity contribution is 7.98. The van der Waals surface area contributed by atoms with Crippen molar-refractivity contribution in [3.63, 3.8) is 0 Å². The molecule has 0 amide bonds. The van der Waals surface area contributed by atoms with Crippen molar-refractivity contribution in [2.75, 3.05) is 0 Å². The molecule has 0 radical (unpaired) electrons. The van der Waals surface area contributed by atoms with E-state index in [0.29, 0.717) is 29.1 Å². The topological polar surface area (TPSA) is 67.5 Å². The van der Waals surface area contributed by atoms with E-state index in [9.17, 15) is 14.7 Å². The molecule has 4 nitrogen and oxygen atoms in total. The quantitative estimate of drug-likeness (QED) is 0.519. The van der Waals surface area contributed by atoms with Crippen LogP contribution in [0.4, 0.5) is 0 Å². The van der Waals surface area contributed by atoms with Crippen LogP contribution in [0, 0.1) is 0 Å². The van der Waals surface area contributed by atoms with Gasteiger partial charge in [-0.3, -0.25) is 4.79 Å². The first-order valence-corrected chi connectivity index (χ1v) is 8.25. The molecule has 0 aliphatic rings. The molecular formula is C19H14O4S. The summed E-state index contributed by atoms with van der Waals surface area (Å²) in [4.78, 5) is 22.6. The summed E-state index contributed by atoms with van der Waals surface area (Å²) in [6.45, 7) is 0. The molecule has 120 valence electrons. The van der Waals surface area contributed by atoms with Gasteiger partial charge in [0.15, 0.2) is 12.0 Å². The number of aromatic carboxylic acids is 1. The molecule has 1 N–H and O–H groups in total. The summed E-state index contributed by atoms with van der Waals surface area (Å²) >= 11 is 1.49. The molecule has 0 bridgehead atoms. The van der Waals surface area contributed by atoms with Crippen LogP contribution >= 0.6 is 11.8 Å². The molecule has 0 fully saturated rings. The van der Waals surface area contributed by atoms with Gasteiger partial charge in [0.2, 0.25) is 0 Å². The molecule has 0 saturated carbocycles. The highest BCUT2D eigenvalue weighted by Gasteiger charge is 2.10. The van der Waals surface area contributed by atoms with Gasteiger partial charge in [0.05, 0.1) is 5.56 Å². The molecule has 0 atom stereocenters. The number of thioether (sulfide) groups is 1. The Bertz CT molecular complexity index is 865. The maximum Gasteiger partial charge on any atom is 0.336 e. The fraction of sp³-hybridized carbons (Fsp3) is 0.0526. The maximum absolute atomic E-state index is 11.2. The van der Waals surface area contributed by atoms with Gasteiger partial charge in [0.1, 0.15) is 5.76 Å². The monoisotopic (exact) mass is 338 g/mol. The van der Waals surface area contributed by atoms with Crippen LogP contribution in [-0.2, 0) is 5.75 Å². The Morgan fingerprint density at radius 2 is 1.79 bits per heavy atom. The molecule has 3 rings (SSSR count). The fourth-order valence-electron chi connectivity index (χ4n) is 2.27. The second-order valence-corrected chi connectivity index (χ2v) is 6.12. The average molecular weight is 338 g/mol. The summed E-state index contributed by atoms with van der Waals surface area (Å²) in [6, 6.07) is 18.1. The van der Waals surface area contributed by atoms with Crippen LogP contribution in [0.15, 0.2) is 70.0 Å². The Morgan fingerprint density at radius 3 is 2.46 bits per heavy atom. The minimum absolute atomic E-state index is 0.301. The molecule has 0 unspecified atom stereocenters. The molecular weight excluding hydrogens is 324 g/mol. The molecule has 1 heterocycles. The van der Waals surface area contributed by atoms with Crippen LogP contribution in [0.5, 0.6) is 0 Å². The third kappa shape index (κ3) is 3.58. The number of hydrogen-bond acceptors (Lipinski definition) is 4. The first-order valence-electron chi connectivity index (χ1n) is 7.27. The van der Waals surface area contributed by atoms with Gasteiger partial charge >= 0.3 is 5.97 Å². The standard InChI is InChI=1S/C19H14O4S/c20-11-15-9-10-17(23-15)14-7-5-13(6-8-14)12-24-18-4-2-1-3-16(18)19(21)22/h1-11H,12H2,(H,21,22). The van der Waals surface area contributed by atoms with E-state index in [4.69, 9.17) is 4.42 Å². The van der Waals surface area contributed by atoms with Crippen molar-refractivity contribution in [3.8, 4) is 11.3 Å². The van der Waals surface area contributed by atoms with Gasteiger partial charge in [-0.25, -0.2) is 4.79 Å². The van der Waals surface area contributed by atoms with Gasteiger partial charge in [-0.15, -0.1) is 11.8 Å². The van der Waals surface area contributed by atoms with Gasteiger partial charge in [0, 0.05) is 16.2 Å². The molecule has 0 aliphatic carbocycles. The zero-order chi connectivity index (χ0) is 16.9. The third-order valence-corrected chi connectivity index (χ3v) is 4.64. The van der Waals surface area contributed by atoms with E-state index in [2.05, 4.69) is 0 Å². The number of carboxylic acids is 1. The summed E-state index contributed by atoms with van der Waals surface area (Å²) in [5, 5.41) is 9.20. The molecule has 3 aromatic rings. The lowest BCUT2D eigenvalue weighted by Gasteiger charge is -2.06. The summed E-state index contributed by atoms with van der Waals surface area (Å²) in [5.41, 5.74) is 2.28. The minimum Gasteiger partial charge on any atom is -0.478 e. The zero-order valence-electron chi connectivity index (χ0n) is 12.6. The Kier molecular flexibility index (Phi) is 4.82. The van der Waals surface area contributed by atoms with Crippen molar-refractivity contribution in [1.82, 2.24) is 0 Å². The number of carbonyl (C=O) groups excluding carboxylic acids is 1. The number of aldehydes is 1. The van der Waals surface area contributed by atoms with Crippen LogP contribution in [0.3, 0.4) is 0 Å². The lowest BCUT2D eigenvalue weighted by atomic mass is 10.1. The van der Waals surface area contributed by atoms with Crippen LogP contribution < -0.4 is 0 Å². The fourth-order valence-corrected chi connectivity index (χ4v) is 3.27. The molecule has 0 spiro atoms. The Balaban J connectivity index is 1.71. The number of rotatable bonds is 6. The second-order valence-electron chi connectivity index (χ2n) is 5.11. The zero-order valence-corrected chi connectivity index (χ0v) is 13.5. The SMILES string of the molecule is O=Cc1ccc(-c2ccc(CSc3ccccc3C(=O)O)cc2)o1. The van der Waals surface area contributed by atoms with Gasteiger partial charge in [-0.05, 0) is 29.8 Å². The van der Waals surface area contributed by atoms with Crippen LogP contribution in [0.2, 0.25) is 0 Å². The second kappa shape index (κ2) is 7.19. The van der Waals surface area contributed by atoms with Crippen LogP contribution in [0.1, 0.15) is 26.5 Å². The Morgan fingerprint density at radius 1 is 1.04 bits per heavy atom. The lowest BCUT2D eigenvalue weighted by Crippen LogP contribution is -1.98. The van der Waals surface area contributed by atoms with Crippen LogP contribution in [-0.4, -0.2) is 17.4 Å². The normalized spacial score (nSPS) is 10.5.